The van der Waals surface area contributed by atoms with E-state index in [4.69, 9.17) is 0 Å². The lowest BCUT2D eigenvalue weighted by Gasteiger charge is -2.07. The van der Waals surface area contributed by atoms with E-state index in [-0.39, 0.29) is 13.2 Å². The van der Waals surface area contributed by atoms with Crippen LogP contribution in [0, 0.1) is 5.82 Å². The zero-order chi connectivity index (χ0) is 12.0. The standard InChI is InChI=1S/C9H12FNO4S/c1-14-6-7-15-11-16(12,13)9-5-3-2-4-8(9)10/h2-5,11H,6-7H2,1H3. The third-order valence-electron chi connectivity index (χ3n) is 1.68. The average molecular weight is 249 g/mol. The van der Waals surface area contributed by atoms with E-state index >= 15 is 0 Å². The maximum atomic E-state index is 13.2. The van der Waals surface area contributed by atoms with E-state index in [0.717, 1.165) is 12.1 Å². The summed E-state index contributed by atoms with van der Waals surface area (Å²) in [6.07, 6.45) is 0. The molecular weight excluding hydrogens is 237 g/mol. The lowest BCUT2D eigenvalue weighted by molar-refractivity contribution is 0.0437. The van der Waals surface area contributed by atoms with Gasteiger partial charge in [-0.2, -0.15) is 0 Å². The highest BCUT2D eigenvalue weighted by Gasteiger charge is 2.18. The highest BCUT2D eigenvalue weighted by Crippen LogP contribution is 2.12. The normalized spacial score (nSPS) is 11.6. The Morgan fingerprint density at radius 1 is 1.31 bits per heavy atom. The lowest BCUT2D eigenvalue weighted by Crippen LogP contribution is -2.26. The average Bonchev–Trinajstić information content (AvgIpc) is 2.25. The largest absolute Gasteiger partial charge is 0.382 e. The number of hydrogen-bond donors (Lipinski definition) is 1. The van der Waals surface area contributed by atoms with E-state index in [1.807, 2.05) is 0 Å². The van der Waals surface area contributed by atoms with Crippen LogP contribution in [-0.2, 0) is 19.6 Å². The van der Waals surface area contributed by atoms with Gasteiger partial charge in [-0.05, 0) is 12.1 Å². The number of benzene rings is 1. The Kier molecular flexibility index (Phi) is 4.81. The van der Waals surface area contributed by atoms with E-state index in [1.165, 1.54) is 19.2 Å². The first kappa shape index (κ1) is 13.0. The van der Waals surface area contributed by atoms with Crippen LogP contribution in [0.1, 0.15) is 0 Å². The van der Waals surface area contributed by atoms with Gasteiger partial charge in [0.05, 0.1) is 13.2 Å². The van der Waals surface area contributed by atoms with Crippen LogP contribution in [0.3, 0.4) is 0 Å². The molecule has 0 bridgehead atoms. The predicted molar refractivity (Wildman–Crippen MR) is 54.5 cm³/mol. The van der Waals surface area contributed by atoms with Crippen LogP contribution in [0.5, 0.6) is 0 Å². The minimum Gasteiger partial charge on any atom is -0.382 e. The van der Waals surface area contributed by atoms with Gasteiger partial charge in [0.15, 0.2) is 0 Å². The van der Waals surface area contributed by atoms with Crippen LogP contribution in [-0.4, -0.2) is 28.7 Å². The van der Waals surface area contributed by atoms with Gasteiger partial charge in [0.25, 0.3) is 10.0 Å². The Hall–Kier alpha value is -1.02. The maximum absolute atomic E-state index is 13.2. The molecule has 0 atom stereocenters. The summed E-state index contributed by atoms with van der Waals surface area (Å²) < 4.78 is 40.8. The van der Waals surface area contributed by atoms with E-state index in [9.17, 15) is 12.8 Å². The van der Waals surface area contributed by atoms with Crippen molar-refractivity contribution in [1.29, 1.82) is 0 Å². The third-order valence-corrected chi connectivity index (χ3v) is 2.93. The Morgan fingerprint density at radius 3 is 2.62 bits per heavy atom. The topological polar surface area (TPSA) is 64.6 Å². The molecule has 0 heterocycles. The van der Waals surface area contributed by atoms with Crippen molar-refractivity contribution < 1.29 is 22.4 Å². The minimum atomic E-state index is -3.97. The smallest absolute Gasteiger partial charge is 0.265 e. The zero-order valence-corrected chi connectivity index (χ0v) is 9.46. The second kappa shape index (κ2) is 5.90. The van der Waals surface area contributed by atoms with Gasteiger partial charge in [0, 0.05) is 7.11 Å². The summed E-state index contributed by atoms with van der Waals surface area (Å²) in [7, 11) is -2.52. The van der Waals surface area contributed by atoms with Crippen LogP contribution in [0.15, 0.2) is 29.2 Å². The maximum Gasteiger partial charge on any atom is 0.265 e. The molecule has 0 unspecified atom stereocenters. The Balaban J connectivity index is 2.68. The summed E-state index contributed by atoms with van der Waals surface area (Å²) in [5.74, 6) is -0.828. The van der Waals surface area contributed by atoms with Crippen molar-refractivity contribution in [3.63, 3.8) is 0 Å². The highest BCUT2D eigenvalue weighted by molar-refractivity contribution is 7.89. The number of ether oxygens (including phenoxy) is 1. The lowest BCUT2D eigenvalue weighted by atomic mass is 10.4. The molecule has 16 heavy (non-hydrogen) atoms. The van der Waals surface area contributed by atoms with Crippen LogP contribution in [0.2, 0.25) is 0 Å². The van der Waals surface area contributed by atoms with Gasteiger partial charge in [-0.15, -0.1) is 0 Å². The van der Waals surface area contributed by atoms with Crippen LogP contribution < -0.4 is 4.89 Å². The van der Waals surface area contributed by atoms with Crippen LogP contribution in [0.25, 0.3) is 0 Å². The molecule has 0 aliphatic rings. The first-order valence-corrected chi connectivity index (χ1v) is 5.93. The number of halogens is 1. The number of sulfonamides is 1. The summed E-state index contributed by atoms with van der Waals surface area (Å²) in [6, 6.07) is 5.04. The summed E-state index contributed by atoms with van der Waals surface area (Å²) in [5.41, 5.74) is 0. The first-order chi connectivity index (χ1) is 7.58. The Labute approximate surface area is 93.2 Å². The molecule has 0 aliphatic heterocycles. The van der Waals surface area contributed by atoms with Crippen molar-refractivity contribution in [2.45, 2.75) is 4.90 Å². The molecule has 0 saturated carbocycles. The van der Waals surface area contributed by atoms with Gasteiger partial charge < -0.3 is 4.74 Å². The van der Waals surface area contributed by atoms with Crippen molar-refractivity contribution >= 4 is 10.0 Å². The van der Waals surface area contributed by atoms with Gasteiger partial charge in [0.1, 0.15) is 10.7 Å². The van der Waals surface area contributed by atoms with E-state index in [0.29, 0.717) is 0 Å². The van der Waals surface area contributed by atoms with Crippen LogP contribution >= 0.6 is 0 Å². The predicted octanol–water partition coefficient (Wildman–Crippen LogP) is 0.682. The summed E-state index contributed by atoms with van der Waals surface area (Å²) >= 11 is 0. The van der Waals surface area contributed by atoms with Gasteiger partial charge >= 0.3 is 0 Å². The molecule has 1 aromatic carbocycles. The number of hydrogen-bond acceptors (Lipinski definition) is 4. The molecular formula is C9H12FNO4S. The van der Waals surface area contributed by atoms with Gasteiger partial charge in [-0.25, -0.2) is 12.8 Å². The molecule has 0 spiro atoms. The fourth-order valence-electron chi connectivity index (χ4n) is 0.952. The van der Waals surface area contributed by atoms with Crippen molar-refractivity contribution in [1.82, 2.24) is 4.89 Å². The molecule has 1 N–H and O–H groups in total. The van der Waals surface area contributed by atoms with E-state index in [2.05, 4.69) is 9.57 Å². The molecule has 7 heteroatoms. The molecule has 0 saturated heterocycles. The van der Waals surface area contributed by atoms with Crippen molar-refractivity contribution in [3.05, 3.63) is 30.1 Å². The van der Waals surface area contributed by atoms with Crippen molar-refractivity contribution in [2.75, 3.05) is 20.3 Å². The Morgan fingerprint density at radius 2 is 2.00 bits per heavy atom. The minimum absolute atomic E-state index is 0.0458. The Bertz CT molecular complexity index is 435. The monoisotopic (exact) mass is 249 g/mol. The zero-order valence-electron chi connectivity index (χ0n) is 8.64. The molecule has 1 aromatic rings. The molecule has 0 fully saturated rings. The third kappa shape index (κ3) is 3.53. The number of rotatable bonds is 6. The highest BCUT2D eigenvalue weighted by atomic mass is 32.2. The van der Waals surface area contributed by atoms with Crippen molar-refractivity contribution in [2.24, 2.45) is 0 Å². The van der Waals surface area contributed by atoms with E-state index in [1.54, 1.807) is 4.89 Å². The summed E-state index contributed by atoms with van der Waals surface area (Å²) in [6.45, 7) is 0.282. The molecule has 0 amide bonds. The van der Waals surface area contributed by atoms with Crippen molar-refractivity contribution in [3.8, 4) is 0 Å². The SMILES string of the molecule is COCCONS(=O)(=O)c1ccccc1F. The van der Waals surface area contributed by atoms with Gasteiger partial charge in [-0.1, -0.05) is 17.0 Å². The number of methoxy groups -OCH3 is 1. The molecule has 1 rings (SSSR count). The summed E-state index contributed by atoms with van der Waals surface area (Å²) in [4.78, 5) is 5.97. The second-order valence-electron chi connectivity index (χ2n) is 2.86. The quantitative estimate of drug-likeness (QED) is 0.595. The first-order valence-electron chi connectivity index (χ1n) is 4.45. The summed E-state index contributed by atoms with van der Waals surface area (Å²) in [5, 5.41) is 0. The molecule has 90 valence electrons. The fourth-order valence-corrected chi connectivity index (χ4v) is 1.86. The second-order valence-corrected chi connectivity index (χ2v) is 4.47. The van der Waals surface area contributed by atoms with Crippen LogP contribution in [0.4, 0.5) is 4.39 Å². The fraction of sp³-hybridized carbons (Fsp3) is 0.333. The molecule has 0 radical (unpaired) electrons. The molecule has 5 nitrogen and oxygen atoms in total. The molecule has 0 aromatic heterocycles. The van der Waals surface area contributed by atoms with Gasteiger partial charge in [-0.3, -0.25) is 4.84 Å². The molecule has 0 aliphatic carbocycles. The van der Waals surface area contributed by atoms with Gasteiger partial charge in [0.2, 0.25) is 0 Å². The number of nitrogens with one attached hydrogen (secondary N) is 1. The van der Waals surface area contributed by atoms with E-state index < -0.39 is 20.7 Å².